The van der Waals surface area contributed by atoms with E-state index in [1.54, 1.807) is 0 Å². The minimum absolute atomic E-state index is 0.0971. The Balaban J connectivity index is 3.53. The smallest absolute Gasteiger partial charge is 0.352 e. The fourth-order valence-corrected chi connectivity index (χ4v) is 3.05. The van der Waals surface area contributed by atoms with E-state index in [2.05, 4.69) is 9.47 Å². The molecule has 0 aliphatic carbocycles. The van der Waals surface area contributed by atoms with Crippen LogP contribution in [-0.2, 0) is 9.47 Å². The van der Waals surface area contributed by atoms with Crippen molar-refractivity contribution in [2.75, 3.05) is 13.2 Å². The van der Waals surface area contributed by atoms with Gasteiger partial charge in [-0.25, -0.2) is 0 Å². The second-order valence-electron chi connectivity index (χ2n) is 7.73. The molecule has 0 spiro atoms. The van der Waals surface area contributed by atoms with Crippen molar-refractivity contribution in [3.8, 4) is 12.3 Å². The fraction of sp³-hybridized carbons (Fsp3) is 0.889. The highest BCUT2D eigenvalue weighted by Crippen LogP contribution is 2.65. The lowest BCUT2D eigenvalue weighted by atomic mass is 9.82. The van der Waals surface area contributed by atoms with Crippen LogP contribution < -0.4 is 0 Å². The summed E-state index contributed by atoms with van der Waals surface area (Å²) in [5.41, 5.74) is 0. The highest BCUT2D eigenvalue weighted by atomic mass is 19.4. The van der Waals surface area contributed by atoms with Gasteiger partial charge in [0.25, 0.3) is 0 Å². The molecule has 0 aromatic carbocycles. The van der Waals surface area contributed by atoms with Crippen LogP contribution in [0.4, 0.5) is 74.6 Å². The Labute approximate surface area is 196 Å². The van der Waals surface area contributed by atoms with Crippen LogP contribution in [0.25, 0.3) is 0 Å². The van der Waals surface area contributed by atoms with Crippen molar-refractivity contribution in [3.63, 3.8) is 0 Å². The number of unbranched alkanes of at least 4 members (excludes halogenated alkanes) is 1. The lowest BCUT2D eigenvalue weighted by Crippen LogP contribution is -2.75. The maximum atomic E-state index is 14.5. The molecular weight excluding hydrogens is 571 g/mol. The first-order valence-electron chi connectivity index (χ1n) is 9.68. The first-order chi connectivity index (χ1) is 16.3. The van der Waals surface area contributed by atoms with Crippen LogP contribution in [0.1, 0.15) is 25.7 Å². The Hall–Kier alpha value is -1.71. The summed E-state index contributed by atoms with van der Waals surface area (Å²) in [5, 5.41) is 0. The van der Waals surface area contributed by atoms with Crippen molar-refractivity contribution >= 4 is 0 Å². The molecule has 1 aliphatic rings. The van der Waals surface area contributed by atoms with E-state index in [1.807, 2.05) is 5.92 Å². The van der Waals surface area contributed by atoms with E-state index in [0.29, 0.717) is 0 Å². The van der Waals surface area contributed by atoms with E-state index >= 15 is 0 Å². The van der Waals surface area contributed by atoms with Crippen LogP contribution in [0.2, 0.25) is 0 Å². The Morgan fingerprint density at radius 3 is 1.54 bits per heavy atom. The lowest BCUT2D eigenvalue weighted by Gasteiger charge is -2.45. The average Bonchev–Trinajstić information content (AvgIpc) is 2.75. The molecule has 2 nitrogen and oxygen atoms in total. The average molecular weight is 586 g/mol. The second kappa shape index (κ2) is 10.1. The fourth-order valence-electron chi connectivity index (χ4n) is 3.05. The quantitative estimate of drug-likeness (QED) is 0.145. The maximum Gasteiger partial charge on any atom is 0.460 e. The van der Waals surface area contributed by atoms with Crippen LogP contribution in [0.3, 0.4) is 0 Å². The largest absolute Gasteiger partial charge is 0.460 e. The van der Waals surface area contributed by atoms with E-state index < -0.39 is 85.9 Å². The van der Waals surface area contributed by atoms with Crippen molar-refractivity contribution < 1.29 is 84.1 Å². The van der Waals surface area contributed by atoms with Gasteiger partial charge in [0.15, 0.2) is 6.29 Å². The van der Waals surface area contributed by atoms with Crippen molar-refractivity contribution in [1.82, 2.24) is 0 Å². The predicted molar refractivity (Wildman–Crippen MR) is 87.2 cm³/mol. The zero-order chi connectivity index (χ0) is 29.5. The van der Waals surface area contributed by atoms with Crippen LogP contribution in [0.5, 0.6) is 0 Å². The van der Waals surface area contributed by atoms with Crippen molar-refractivity contribution in [1.29, 1.82) is 0 Å². The van der Waals surface area contributed by atoms with Gasteiger partial charge in [-0.1, -0.05) is 0 Å². The van der Waals surface area contributed by atoms with Crippen molar-refractivity contribution in [2.45, 2.75) is 79.6 Å². The number of ether oxygens (including phenoxy) is 2. The van der Waals surface area contributed by atoms with Gasteiger partial charge in [0.05, 0.1) is 12.5 Å². The third kappa shape index (κ3) is 5.03. The van der Waals surface area contributed by atoms with Gasteiger partial charge < -0.3 is 9.47 Å². The molecule has 0 aromatic rings. The van der Waals surface area contributed by atoms with Gasteiger partial charge in [0.1, 0.15) is 0 Å². The Kier molecular flexibility index (Phi) is 9.11. The SMILES string of the molecule is C#CCCCO[C@H]1OCCC[C@H]1C(F)(F)C(F)(F)C(F)(F)C(F)(F)C(F)(F)C(F)(F)C(F)(F)C(F)(F)F. The number of terminal acetylenes is 1. The van der Waals surface area contributed by atoms with Crippen LogP contribution in [0.15, 0.2) is 0 Å². The molecule has 218 valence electrons. The first-order valence-corrected chi connectivity index (χ1v) is 9.68. The van der Waals surface area contributed by atoms with Gasteiger partial charge >= 0.3 is 47.6 Å². The molecule has 1 aliphatic heterocycles. The molecule has 0 unspecified atom stereocenters. The molecule has 0 N–H and O–H groups in total. The molecule has 1 heterocycles. The number of hydrogen-bond acceptors (Lipinski definition) is 2. The van der Waals surface area contributed by atoms with Crippen LogP contribution >= 0.6 is 0 Å². The maximum absolute atomic E-state index is 14.5. The molecule has 1 saturated heterocycles. The van der Waals surface area contributed by atoms with Crippen molar-refractivity contribution in [3.05, 3.63) is 0 Å². The predicted octanol–water partition coefficient (Wildman–Crippen LogP) is 7.18. The third-order valence-corrected chi connectivity index (χ3v) is 5.23. The van der Waals surface area contributed by atoms with E-state index in [9.17, 15) is 74.6 Å². The number of alkyl halides is 17. The number of halogens is 17. The molecular formula is C18H15F17O2. The molecule has 1 rings (SSSR count). The van der Waals surface area contributed by atoms with E-state index in [1.165, 1.54) is 0 Å². The molecule has 19 heteroatoms. The summed E-state index contributed by atoms with van der Waals surface area (Å²) in [7, 11) is 0. The van der Waals surface area contributed by atoms with E-state index in [4.69, 9.17) is 6.42 Å². The minimum atomic E-state index is -8.66. The summed E-state index contributed by atoms with van der Waals surface area (Å²) in [6, 6.07) is 0. The van der Waals surface area contributed by atoms with Gasteiger partial charge in [-0.05, 0) is 19.3 Å². The minimum Gasteiger partial charge on any atom is -0.352 e. The summed E-state index contributed by atoms with van der Waals surface area (Å²) in [6.07, 6.45) is -7.67. The standard InChI is InChI=1S/C18H15F17O2/c1-2-3-4-7-36-10-9(6-5-8-37-10)11(19,20)12(21,22)13(23,24)14(25,26)15(27,28)16(29,30)17(31,32)18(33,34)35/h1,9-10H,3-8H2/t9-,10+/m1/s1. The Morgan fingerprint density at radius 2 is 1.11 bits per heavy atom. The molecule has 0 bridgehead atoms. The summed E-state index contributed by atoms with van der Waals surface area (Å²) in [6.45, 7) is -1.20. The molecule has 2 atom stereocenters. The Bertz CT molecular complexity index is 827. The summed E-state index contributed by atoms with van der Waals surface area (Å²) < 4.78 is 238. The van der Waals surface area contributed by atoms with Gasteiger partial charge in [0.2, 0.25) is 0 Å². The number of hydrogen-bond donors (Lipinski definition) is 0. The van der Waals surface area contributed by atoms with E-state index in [-0.39, 0.29) is 12.8 Å². The molecule has 0 radical (unpaired) electrons. The molecule has 0 amide bonds. The van der Waals surface area contributed by atoms with Gasteiger partial charge in [-0.15, -0.1) is 12.3 Å². The van der Waals surface area contributed by atoms with E-state index in [0.717, 1.165) is 0 Å². The summed E-state index contributed by atoms with van der Waals surface area (Å²) in [5.74, 6) is -57.9. The van der Waals surface area contributed by atoms with Gasteiger partial charge in [0, 0.05) is 13.0 Å². The second-order valence-corrected chi connectivity index (χ2v) is 7.73. The van der Waals surface area contributed by atoms with Crippen molar-refractivity contribution in [2.24, 2.45) is 5.92 Å². The lowest BCUT2D eigenvalue weighted by molar-refractivity contribution is -0.465. The summed E-state index contributed by atoms with van der Waals surface area (Å²) in [4.78, 5) is 0. The topological polar surface area (TPSA) is 18.5 Å². The molecule has 0 aromatic heterocycles. The highest BCUT2D eigenvalue weighted by molar-refractivity contribution is 5.16. The number of rotatable bonds is 11. The van der Waals surface area contributed by atoms with Gasteiger partial charge in [-0.2, -0.15) is 74.6 Å². The monoisotopic (exact) mass is 586 g/mol. The first kappa shape index (κ1) is 33.3. The third-order valence-electron chi connectivity index (χ3n) is 5.23. The zero-order valence-electron chi connectivity index (χ0n) is 17.7. The molecule has 1 fully saturated rings. The molecule has 37 heavy (non-hydrogen) atoms. The van der Waals surface area contributed by atoms with Crippen LogP contribution in [0, 0.1) is 18.3 Å². The highest BCUT2D eigenvalue weighted by Gasteiger charge is 2.95. The van der Waals surface area contributed by atoms with Gasteiger partial charge in [-0.3, -0.25) is 0 Å². The Morgan fingerprint density at radius 1 is 0.676 bits per heavy atom. The zero-order valence-corrected chi connectivity index (χ0v) is 17.7. The normalized spacial score (nSPS) is 21.6. The summed E-state index contributed by atoms with van der Waals surface area (Å²) >= 11 is 0. The van der Waals surface area contributed by atoms with Crippen LogP contribution in [-0.4, -0.2) is 67.1 Å². The molecule has 0 saturated carbocycles.